The zero-order chi connectivity index (χ0) is 23.4. The lowest BCUT2D eigenvalue weighted by atomic mass is 10.0. The van der Waals surface area contributed by atoms with Crippen molar-refractivity contribution in [1.29, 1.82) is 0 Å². The van der Waals surface area contributed by atoms with Gasteiger partial charge in [0.2, 0.25) is 10.0 Å². The van der Waals surface area contributed by atoms with Crippen LogP contribution in [0.3, 0.4) is 0 Å². The van der Waals surface area contributed by atoms with Crippen molar-refractivity contribution in [2.75, 3.05) is 4.72 Å². The summed E-state index contributed by atoms with van der Waals surface area (Å²) < 4.78 is 51.0. The fraction of sp³-hybridized carbons (Fsp3) is 0.200. The predicted octanol–water partition coefficient (Wildman–Crippen LogP) is 4.59. The zero-order valence-corrected chi connectivity index (χ0v) is 21.4. The molecule has 3 heterocycles. The van der Waals surface area contributed by atoms with Crippen molar-refractivity contribution >= 4 is 61.0 Å². The highest BCUT2D eigenvalue weighted by Crippen LogP contribution is 2.31. The number of thiazole rings is 2. The van der Waals surface area contributed by atoms with E-state index in [2.05, 4.69) is 14.4 Å². The Bertz CT molecular complexity index is 1330. The smallest absolute Gasteiger partial charge is 0.259 e. The highest BCUT2D eigenvalue weighted by molar-refractivity contribution is 7.88. The molecule has 0 radical (unpaired) electrons. The SMILES string of the molecule is Cc1nc(CS(=O)(=O)N[C@@H](Cc2ccc(NS(=O)O)cc2)c2csc(-c3cccs3)n2)cs1. The molecule has 4 rings (SSSR count). The second kappa shape index (κ2) is 10.5. The Morgan fingerprint density at radius 1 is 1.09 bits per heavy atom. The van der Waals surface area contributed by atoms with Crippen LogP contribution in [0.1, 0.15) is 28.0 Å². The first-order valence-electron chi connectivity index (χ1n) is 9.64. The largest absolute Gasteiger partial charge is 0.289 e. The van der Waals surface area contributed by atoms with E-state index in [0.29, 0.717) is 23.5 Å². The number of nitrogens with zero attached hydrogens (tertiary/aromatic N) is 2. The topological polar surface area (TPSA) is 121 Å². The van der Waals surface area contributed by atoms with E-state index in [4.69, 9.17) is 9.54 Å². The Morgan fingerprint density at radius 2 is 1.88 bits per heavy atom. The number of sulfonamides is 1. The van der Waals surface area contributed by atoms with Gasteiger partial charge in [-0.1, -0.05) is 18.2 Å². The van der Waals surface area contributed by atoms with Crippen LogP contribution in [0.5, 0.6) is 0 Å². The summed E-state index contributed by atoms with van der Waals surface area (Å²) in [5.74, 6) is -0.207. The molecular weight excluding hydrogens is 521 g/mol. The lowest BCUT2D eigenvalue weighted by Gasteiger charge is -2.17. The predicted molar refractivity (Wildman–Crippen MR) is 135 cm³/mol. The van der Waals surface area contributed by atoms with Gasteiger partial charge in [-0.2, -0.15) is 0 Å². The number of hydrogen-bond donors (Lipinski definition) is 3. The Kier molecular flexibility index (Phi) is 7.69. The number of nitrogens with one attached hydrogen (secondary N) is 2. The molecule has 1 unspecified atom stereocenters. The third kappa shape index (κ3) is 6.76. The summed E-state index contributed by atoms with van der Waals surface area (Å²) in [5.41, 5.74) is 2.49. The summed E-state index contributed by atoms with van der Waals surface area (Å²) in [4.78, 5) is 10.00. The Morgan fingerprint density at radius 3 is 2.52 bits per heavy atom. The number of aryl methyl sites for hydroxylation is 1. The van der Waals surface area contributed by atoms with Crippen molar-refractivity contribution in [3.63, 3.8) is 0 Å². The van der Waals surface area contributed by atoms with Gasteiger partial charge in [0.15, 0.2) is 0 Å². The molecule has 4 aromatic rings. The summed E-state index contributed by atoms with van der Waals surface area (Å²) in [6.45, 7) is 1.84. The normalized spacial score (nSPS) is 13.6. The van der Waals surface area contributed by atoms with E-state index in [1.54, 1.807) is 41.0 Å². The van der Waals surface area contributed by atoms with Crippen molar-refractivity contribution < 1.29 is 17.2 Å². The second-order valence-corrected chi connectivity index (χ2v) is 12.4. The Labute approximate surface area is 206 Å². The lowest BCUT2D eigenvalue weighted by molar-refractivity contribution is 0.549. The van der Waals surface area contributed by atoms with Crippen LogP contribution in [0.15, 0.2) is 52.5 Å². The van der Waals surface area contributed by atoms with Gasteiger partial charge in [0, 0.05) is 16.4 Å². The summed E-state index contributed by atoms with van der Waals surface area (Å²) in [6.07, 6.45) is 0.366. The molecule has 1 aromatic carbocycles. The molecule has 8 nitrogen and oxygen atoms in total. The van der Waals surface area contributed by atoms with Crippen molar-refractivity contribution in [2.45, 2.75) is 25.1 Å². The van der Waals surface area contributed by atoms with Crippen molar-refractivity contribution in [2.24, 2.45) is 0 Å². The van der Waals surface area contributed by atoms with Gasteiger partial charge in [0.25, 0.3) is 11.3 Å². The van der Waals surface area contributed by atoms with E-state index < -0.39 is 27.3 Å². The number of hydrogen-bond acceptors (Lipinski definition) is 8. The maximum atomic E-state index is 13.0. The molecule has 0 amide bonds. The molecule has 0 bridgehead atoms. The Balaban J connectivity index is 1.58. The van der Waals surface area contributed by atoms with E-state index >= 15 is 0 Å². The molecule has 3 N–H and O–H groups in total. The summed E-state index contributed by atoms with van der Waals surface area (Å²) in [7, 11) is -3.68. The lowest BCUT2D eigenvalue weighted by Crippen LogP contribution is -2.31. The van der Waals surface area contributed by atoms with Crippen molar-refractivity contribution in [1.82, 2.24) is 14.7 Å². The van der Waals surface area contributed by atoms with Gasteiger partial charge < -0.3 is 0 Å². The van der Waals surface area contributed by atoms with E-state index in [-0.39, 0.29) is 5.75 Å². The number of rotatable bonds is 10. The zero-order valence-electron chi connectivity index (χ0n) is 17.3. The molecule has 174 valence electrons. The van der Waals surface area contributed by atoms with Gasteiger partial charge in [-0.25, -0.2) is 27.3 Å². The minimum absolute atomic E-state index is 0.207. The molecule has 0 spiro atoms. The fourth-order valence-electron chi connectivity index (χ4n) is 3.14. The average molecular weight is 541 g/mol. The van der Waals surface area contributed by atoms with Crippen molar-refractivity contribution in [3.05, 3.63) is 74.5 Å². The summed E-state index contributed by atoms with van der Waals surface area (Å²) in [5, 5.41) is 7.25. The van der Waals surface area contributed by atoms with Crippen molar-refractivity contribution in [3.8, 4) is 9.88 Å². The van der Waals surface area contributed by atoms with Crippen LogP contribution in [0.4, 0.5) is 5.69 Å². The molecule has 0 fully saturated rings. The highest BCUT2D eigenvalue weighted by atomic mass is 32.2. The first kappa shape index (κ1) is 24.1. The van der Waals surface area contributed by atoms with E-state index in [1.165, 1.54) is 22.7 Å². The van der Waals surface area contributed by atoms with Crippen LogP contribution in [0, 0.1) is 6.92 Å². The second-order valence-electron chi connectivity index (χ2n) is 7.09. The van der Waals surface area contributed by atoms with Crippen LogP contribution in [-0.4, -0.2) is 27.1 Å². The van der Waals surface area contributed by atoms with Gasteiger partial charge >= 0.3 is 0 Å². The highest BCUT2D eigenvalue weighted by Gasteiger charge is 2.24. The van der Waals surface area contributed by atoms with Crippen LogP contribution < -0.4 is 9.44 Å². The van der Waals surface area contributed by atoms with Crippen LogP contribution >= 0.6 is 34.0 Å². The maximum Gasteiger partial charge on any atom is 0.259 e. The summed E-state index contributed by atoms with van der Waals surface area (Å²) >= 11 is 2.30. The molecule has 0 aliphatic rings. The quantitative estimate of drug-likeness (QED) is 0.253. The molecule has 13 heteroatoms. The van der Waals surface area contributed by atoms with E-state index in [0.717, 1.165) is 20.5 Å². The van der Waals surface area contributed by atoms with Gasteiger partial charge in [0.05, 0.1) is 27.3 Å². The van der Waals surface area contributed by atoms with Gasteiger partial charge in [-0.15, -0.1) is 34.0 Å². The number of thiophene rings is 1. The number of benzene rings is 1. The molecule has 0 aliphatic heterocycles. The minimum atomic E-state index is -3.68. The van der Waals surface area contributed by atoms with Crippen LogP contribution in [-0.2, 0) is 33.5 Å². The standard InChI is InChI=1S/C20H20N4O4S5/c1-13-21-16(10-30-13)12-33(27,28)24-17(9-14-4-6-15(7-5-14)23-32(25)26)18-11-31-20(22-18)19-3-2-8-29-19/h2-8,10-11,17,23-24H,9,12H2,1H3,(H,25,26)/t17-/m0/s1. The fourth-order valence-corrected chi connectivity index (χ4v) is 7.14. The molecule has 33 heavy (non-hydrogen) atoms. The average Bonchev–Trinajstić information content (AvgIpc) is 3.49. The van der Waals surface area contributed by atoms with Gasteiger partial charge in [-0.05, 0) is 42.5 Å². The molecule has 3 aromatic heterocycles. The van der Waals surface area contributed by atoms with Crippen LogP contribution in [0.2, 0.25) is 0 Å². The number of anilines is 1. The minimum Gasteiger partial charge on any atom is -0.289 e. The molecular formula is C20H20N4O4S5. The first-order chi connectivity index (χ1) is 15.8. The van der Waals surface area contributed by atoms with E-state index in [9.17, 15) is 12.6 Å². The number of aromatic nitrogens is 2. The molecule has 0 aliphatic carbocycles. The summed E-state index contributed by atoms with van der Waals surface area (Å²) in [6, 6.07) is 10.3. The van der Waals surface area contributed by atoms with Gasteiger partial charge in [0.1, 0.15) is 10.8 Å². The molecule has 0 saturated heterocycles. The molecule has 2 atom stereocenters. The van der Waals surface area contributed by atoms with E-state index in [1.807, 2.05) is 29.8 Å². The third-order valence-electron chi connectivity index (χ3n) is 4.54. The first-order valence-corrected chi connectivity index (χ1v) is 15.0. The third-order valence-corrected chi connectivity index (χ3v) is 8.99. The maximum absolute atomic E-state index is 13.0. The molecule has 0 saturated carbocycles. The van der Waals surface area contributed by atoms with Gasteiger partial charge in [-0.3, -0.25) is 9.27 Å². The monoisotopic (exact) mass is 540 g/mol. The van der Waals surface area contributed by atoms with Crippen LogP contribution in [0.25, 0.3) is 9.88 Å². The Hall–Kier alpha value is -2.00.